The molecule has 2 aromatic carbocycles. The van der Waals surface area contributed by atoms with Crippen molar-refractivity contribution in [2.45, 2.75) is 0 Å². The van der Waals surface area contributed by atoms with Crippen molar-refractivity contribution >= 4 is 17.5 Å². The number of aromatic amines is 1. The predicted molar refractivity (Wildman–Crippen MR) is 102 cm³/mol. The minimum Gasteiger partial charge on any atom is -0.493 e. The van der Waals surface area contributed by atoms with E-state index < -0.39 is 5.91 Å². The fourth-order valence-electron chi connectivity index (χ4n) is 2.96. The van der Waals surface area contributed by atoms with E-state index in [-0.39, 0.29) is 22.9 Å². The van der Waals surface area contributed by atoms with E-state index in [1.807, 2.05) is 6.07 Å². The van der Waals surface area contributed by atoms with Gasteiger partial charge >= 0.3 is 0 Å². The summed E-state index contributed by atoms with van der Waals surface area (Å²) in [6, 6.07) is 13.7. The summed E-state index contributed by atoms with van der Waals surface area (Å²) in [4.78, 5) is 27.8. The number of ketones is 1. The molecule has 3 rings (SSSR count). The van der Waals surface area contributed by atoms with Gasteiger partial charge in [0.1, 0.15) is 5.82 Å². The first-order valence-electron chi connectivity index (χ1n) is 8.11. The highest BCUT2D eigenvalue weighted by Gasteiger charge is 2.26. The van der Waals surface area contributed by atoms with E-state index in [0.29, 0.717) is 28.2 Å². The average molecular weight is 365 g/mol. The third-order valence-corrected chi connectivity index (χ3v) is 4.21. The molecule has 0 aliphatic carbocycles. The predicted octanol–water partition coefficient (Wildman–Crippen LogP) is 2.61. The summed E-state index contributed by atoms with van der Waals surface area (Å²) in [5, 5.41) is 0. The van der Waals surface area contributed by atoms with Crippen LogP contribution < -0.4 is 20.9 Å². The number of carbonyl (C=O) groups excluding carboxylic acids is 2. The molecule has 1 heterocycles. The first-order valence-corrected chi connectivity index (χ1v) is 8.11. The summed E-state index contributed by atoms with van der Waals surface area (Å²) in [6.45, 7) is 0. The van der Waals surface area contributed by atoms with Crippen LogP contribution in [-0.4, -0.2) is 30.9 Å². The van der Waals surface area contributed by atoms with Crippen LogP contribution in [0, 0.1) is 0 Å². The Bertz CT molecular complexity index is 1010. The zero-order valence-corrected chi connectivity index (χ0v) is 14.9. The van der Waals surface area contributed by atoms with Gasteiger partial charge in [0.05, 0.1) is 25.5 Å². The standard InChI is InChI=1S/C20H19N3O4/c1-26-13-9-8-12(10-14(13)27-2)15-16(20(22)25)19(21)23-17(15)18(24)11-6-4-3-5-7-11/h3-10,23H,21H2,1-2H3,(H2,22,25). The summed E-state index contributed by atoms with van der Waals surface area (Å²) in [6.07, 6.45) is 0. The van der Waals surface area contributed by atoms with Crippen molar-refractivity contribution in [3.63, 3.8) is 0 Å². The molecule has 5 N–H and O–H groups in total. The Balaban J connectivity index is 2.25. The number of rotatable bonds is 6. The zero-order chi connectivity index (χ0) is 19.6. The molecule has 0 atom stereocenters. The molecule has 1 aromatic heterocycles. The van der Waals surface area contributed by atoms with Crippen molar-refractivity contribution in [1.82, 2.24) is 4.98 Å². The van der Waals surface area contributed by atoms with Crippen molar-refractivity contribution in [2.24, 2.45) is 5.73 Å². The highest BCUT2D eigenvalue weighted by Crippen LogP contribution is 2.38. The molecule has 0 saturated heterocycles. The maximum Gasteiger partial charge on any atom is 0.253 e. The lowest BCUT2D eigenvalue weighted by Gasteiger charge is -2.11. The number of anilines is 1. The Labute approximate surface area is 155 Å². The number of hydrogen-bond donors (Lipinski definition) is 3. The molecule has 0 fully saturated rings. The Morgan fingerprint density at radius 2 is 1.63 bits per heavy atom. The lowest BCUT2D eigenvalue weighted by molar-refractivity contribution is 0.100. The third-order valence-electron chi connectivity index (χ3n) is 4.21. The SMILES string of the molecule is COc1ccc(-c2c(C(=O)c3ccccc3)[nH]c(N)c2C(N)=O)cc1OC. The Kier molecular flexibility index (Phi) is 4.85. The second-order valence-electron chi connectivity index (χ2n) is 5.79. The molecule has 1 amide bonds. The molecular weight excluding hydrogens is 346 g/mol. The maximum atomic E-state index is 13.0. The molecule has 0 aliphatic rings. The van der Waals surface area contributed by atoms with Crippen LogP contribution in [0.25, 0.3) is 11.1 Å². The molecule has 0 spiro atoms. The molecular formula is C20H19N3O4. The fraction of sp³-hybridized carbons (Fsp3) is 0.100. The maximum absolute atomic E-state index is 13.0. The number of H-pyrrole nitrogens is 1. The van der Waals surface area contributed by atoms with Crippen LogP contribution in [0.3, 0.4) is 0 Å². The van der Waals surface area contributed by atoms with Gasteiger partial charge in [-0.2, -0.15) is 0 Å². The van der Waals surface area contributed by atoms with Gasteiger partial charge in [-0.15, -0.1) is 0 Å². The van der Waals surface area contributed by atoms with Crippen molar-refractivity contribution < 1.29 is 19.1 Å². The smallest absolute Gasteiger partial charge is 0.253 e. The Hall–Kier alpha value is -3.74. The van der Waals surface area contributed by atoms with Crippen LogP contribution in [0.2, 0.25) is 0 Å². The summed E-state index contributed by atoms with van der Waals surface area (Å²) in [7, 11) is 3.02. The van der Waals surface area contributed by atoms with Crippen molar-refractivity contribution in [3.8, 4) is 22.6 Å². The van der Waals surface area contributed by atoms with Gasteiger partial charge in [-0.25, -0.2) is 0 Å². The van der Waals surface area contributed by atoms with Gasteiger partial charge in [-0.05, 0) is 17.7 Å². The van der Waals surface area contributed by atoms with E-state index in [0.717, 1.165) is 0 Å². The van der Waals surface area contributed by atoms with Gasteiger partial charge in [0.2, 0.25) is 5.78 Å². The van der Waals surface area contributed by atoms with Crippen LogP contribution >= 0.6 is 0 Å². The van der Waals surface area contributed by atoms with Gasteiger partial charge < -0.3 is 25.9 Å². The number of nitrogens with two attached hydrogens (primary N) is 2. The second kappa shape index (κ2) is 7.25. The average Bonchev–Trinajstić information content (AvgIpc) is 3.04. The number of nitrogens with one attached hydrogen (secondary N) is 1. The number of benzene rings is 2. The van der Waals surface area contributed by atoms with Crippen molar-refractivity contribution in [2.75, 3.05) is 20.0 Å². The van der Waals surface area contributed by atoms with Crippen LogP contribution in [0.5, 0.6) is 11.5 Å². The number of amides is 1. The monoisotopic (exact) mass is 365 g/mol. The van der Waals surface area contributed by atoms with Gasteiger partial charge in [-0.1, -0.05) is 36.4 Å². The number of ether oxygens (including phenoxy) is 2. The summed E-state index contributed by atoms with van der Waals surface area (Å²) >= 11 is 0. The van der Waals surface area contributed by atoms with E-state index in [9.17, 15) is 9.59 Å². The van der Waals surface area contributed by atoms with Crippen molar-refractivity contribution in [1.29, 1.82) is 0 Å². The highest BCUT2D eigenvalue weighted by atomic mass is 16.5. The van der Waals surface area contributed by atoms with Gasteiger partial charge in [0.15, 0.2) is 11.5 Å². The highest BCUT2D eigenvalue weighted by molar-refractivity contribution is 6.17. The van der Waals surface area contributed by atoms with E-state index in [1.165, 1.54) is 14.2 Å². The summed E-state index contributed by atoms with van der Waals surface area (Å²) in [5.74, 6) is -0.0450. The van der Waals surface area contributed by atoms with Crippen LogP contribution in [0.15, 0.2) is 48.5 Å². The van der Waals surface area contributed by atoms with E-state index >= 15 is 0 Å². The molecule has 7 nitrogen and oxygen atoms in total. The lowest BCUT2D eigenvalue weighted by atomic mass is 9.96. The first kappa shape index (κ1) is 18.1. The number of nitrogen functional groups attached to an aromatic ring is 1. The largest absolute Gasteiger partial charge is 0.493 e. The normalized spacial score (nSPS) is 10.4. The van der Waals surface area contributed by atoms with Gasteiger partial charge in [0.25, 0.3) is 5.91 Å². The summed E-state index contributed by atoms with van der Waals surface area (Å²) < 4.78 is 10.6. The number of primary amides is 1. The van der Waals surface area contributed by atoms with Gasteiger partial charge in [0, 0.05) is 11.1 Å². The molecule has 0 radical (unpaired) electrons. The lowest BCUT2D eigenvalue weighted by Crippen LogP contribution is -2.13. The minimum absolute atomic E-state index is 0.0339. The number of methoxy groups -OCH3 is 2. The van der Waals surface area contributed by atoms with E-state index in [4.69, 9.17) is 20.9 Å². The first-order chi connectivity index (χ1) is 13.0. The molecule has 0 unspecified atom stereocenters. The third kappa shape index (κ3) is 3.22. The Morgan fingerprint density at radius 3 is 2.22 bits per heavy atom. The Morgan fingerprint density at radius 1 is 0.963 bits per heavy atom. The second-order valence-corrected chi connectivity index (χ2v) is 5.79. The molecule has 0 aliphatic heterocycles. The van der Waals surface area contributed by atoms with Crippen LogP contribution in [0.1, 0.15) is 26.4 Å². The quantitative estimate of drug-likeness (QED) is 0.580. The van der Waals surface area contributed by atoms with E-state index in [2.05, 4.69) is 4.98 Å². The molecule has 0 saturated carbocycles. The number of hydrogen-bond acceptors (Lipinski definition) is 5. The van der Waals surface area contributed by atoms with E-state index in [1.54, 1.807) is 42.5 Å². The molecule has 0 bridgehead atoms. The number of aromatic nitrogens is 1. The molecule has 27 heavy (non-hydrogen) atoms. The topological polar surface area (TPSA) is 120 Å². The molecule has 138 valence electrons. The van der Waals surface area contributed by atoms with Crippen molar-refractivity contribution in [3.05, 3.63) is 65.4 Å². The minimum atomic E-state index is -0.736. The van der Waals surface area contributed by atoms with Crippen LogP contribution in [0.4, 0.5) is 5.82 Å². The van der Waals surface area contributed by atoms with Crippen LogP contribution in [-0.2, 0) is 0 Å². The number of carbonyl (C=O) groups is 2. The van der Waals surface area contributed by atoms with Gasteiger partial charge in [-0.3, -0.25) is 9.59 Å². The molecule has 3 aromatic rings. The molecule has 7 heteroatoms. The fourth-order valence-corrected chi connectivity index (χ4v) is 2.96. The zero-order valence-electron chi connectivity index (χ0n) is 14.9. The summed E-state index contributed by atoms with van der Waals surface area (Å²) in [5.41, 5.74) is 13.1.